The van der Waals surface area contributed by atoms with Crippen LogP contribution in [0.25, 0.3) is 22.8 Å². The maximum absolute atomic E-state index is 13.0. The molecule has 0 spiro atoms. The minimum absolute atomic E-state index is 0.0675. The van der Waals surface area contributed by atoms with E-state index >= 15 is 0 Å². The average molecular weight is 482 g/mol. The fraction of sp³-hybridized carbons (Fsp3) is 0.200. The second-order valence-electron chi connectivity index (χ2n) is 6.61. The van der Waals surface area contributed by atoms with Crippen molar-refractivity contribution in [2.45, 2.75) is 23.5 Å². The molecule has 1 unspecified atom stereocenters. The van der Waals surface area contributed by atoms with Crippen molar-refractivity contribution in [2.24, 2.45) is 0 Å². The fourth-order valence-corrected chi connectivity index (χ4v) is 3.77. The van der Waals surface area contributed by atoms with Crippen LogP contribution in [-0.4, -0.2) is 32.4 Å². The van der Waals surface area contributed by atoms with Gasteiger partial charge in [0.2, 0.25) is 16.9 Å². The molecular weight excluding hydrogens is 467 g/mol. The molecule has 2 aromatic heterocycles. The molecule has 2 aromatic carbocycles. The molecule has 1 atom stereocenters. The number of hydrogen-bond acceptors (Lipinski definition) is 7. The molecule has 32 heavy (non-hydrogen) atoms. The number of alkyl halides is 3. The van der Waals surface area contributed by atoms with Gasteiger partial charge in [0.15, 0.2) is 5.82 Å². The number of hydrogen-bond donors (Lipinski definition) is 1. The van der Waals surface area contributed by atoms with Gasteiger partial charge in [-0.05, 0) is 37.3 Å². The van der Waals surface area contributed by atoms with Gasteiger partial charge in [0, 0.05) is 10.6 Å². The van der Waals surface area contributed by atoms with Crippen LogP contribution in [0.15, 0.2) is 52.1 Å². The number of nitrogens with one attached hydrogen (secondary N) is 1. The predicted octanol–water partition coefficient (Wildman–Crippen LogP) is 6.06. The third-order valence-electron chi connectivity index (χ3n) is 4.40. The quantitative estimate of drug-likeness (QED) is 0.335. The van der Waals surface area contributed by atoms with Crippen molar-refractivity contribution in [2.75, 3.05) is 7.11 Å². The van der Waals surface area contributed by atoms with Gasteiger partial charge < -0.3 is 9.26 Å². The number of methoxy groups -OCH3 is 1. The van der Waals surface area contributed by atoms with Gasteiger partial charge in [0.05, 0.1) is 23.5 Å². The molecular formula is C20H15ClF3N5O2S. The van der Waals surface area contributed by atoms with E-state index in [9.17, 15) is 13.2 Å². The SMILES string of the molecule is COc1ccc(Cl)cc1-c1nc(SC(C)c2nc(-c3cccc(C(F)(F)F)c3)no2)n[nH]1. The smallest absolute Gasteiger partial charge is 0.416 e. The van der Waals surface area contributed by atoms with Crippen LogP contribution in [0.1, 0.15) is 23.6 Å². The molecule has 0 fully saturated rings. The lowest BCUT2D eigenvalue weighted by Crippen LogP contribution is -2.04. The third kappa shape index (κ3) is 4.73. The Bertz CT molecular complexity index is 1240. The summed E-state index contributed by atoms with van der Waals surface area (Å²) in [6, 6.07) is 9.88. The number of nitrogens with zero attached hydrogens (tertiary/aromatic N) is 4. The first-order valence-corrected chi connectivity index (χ1v) is 10.4. The van der Waals surface area contributed by atoms with Gasteiger partial charge in [-0.3, -0.25) is 5.10 Å². The van der Waals surface area contributed by atoms with Crippen LogP contribution >= 0.6 is 23.4 Å². The van der Waals surface area contributed by atoms with Gasteiger partial charge in [-0.2, -0.15) is 18.2 Å². The van der Waals surface area contributed by atoms with E-state index in [1.807, 2.05) is 0 Å². The topological polar surface area (TPSA) is 89.7 Å². The van der Waals surface area contributed by atoms with Crippen molar-refractivity contribution in [3.8, 4) is 28.5 Å². The fourth-order valence-electron chi connectivity index (χ4n) is 2.85. The Hall–Kier alpha value is -3.05. The minimum Gasteiger partial charge on any atom is -0.496 e. The maximum atomic E-state index is 13.0. The molecule has 166 valence electrons. The number of aromatic nitrogens is 5. The van der Waals surface area contributed by atoms with Crippen molar-refractivity contribution < 1.29 is 22.4 Å². The number of aromatic amines is 1. The summed E-state index contributed by atoms with van der Waals surface area (Å²) in [6.45, 7) is 1.80. The summed E-state index contributed by atoms with van der Waals surface area (Å²) in [5.41, 5.74) is 0.0744. The lowest BCUT2D eigenvalue weighted by atomic mass is 10.1. The number of benzene rings is 2. The second-order valence-corrected chi connectivity index (χ2v) is 8.35. The standard InChI is InChI=1S/C20H15ClF3N5O2S/c1-10(18-25-16(29-31-18)11-4-3-5-12(8-11)20(22,23)24)32-19-26-17(27-28-19)14-9-13(21)6-7-15(14)30-2/h3-10H,1-2H3,(H,26,27,28). The Kier molecular flexibility index (Phi) is 6.11. The molecule has 0 saturated carbocycles. The van der Waals surface area contributed by atoms with Crippen LogP contribution in [0.4, 0.5) is 13.2 Å². The molecule has 0 aliphatic heterocycles. The molecule has 0 bridgehead atoms. The van der Waals surface area contributed by atoms with Crippen molar-refractivity contribution in [1.29, 1.82) is 0 Å². The normalized spacial score (nSPS) is 12.7. The van der Waals surface area contributed by atoms with Gasteiger partial charge >= 0.3 is 6.18 Å². The largest absolute Gasteiger partial charge is 0.496 e. The molecule has 4 rings (SSSR count). The van der Waals surface area contributed by atoms with Crippen molar-refractivity contribution in [3.63, 3.8) is 0 Å². The molecule has 2 heterocycles. The Balaban J connectivity index is 1.51. The Morgan fingerprint density at radius 3 is 2.72 bits per heavy atom. The van der Waals surface area contributed by atoms with E-state index in [2.05, 4.69) is 25.3 Å². The molecule has 12 heteroatoms. The molecule has 0 aliphatic carbocycles. The van der Waals surface area contributed by atoms with E-state index in [1.165, 1.54) is 23.9 Å². The second kappa shape index (κ2) is 8.83. The number of rotatable bonds is 6. The summed E-state index contributed by atoms with van der Waals surface area (Å²) < 4.78 is 49.4. The predicted molar refractivity (Wildman–Crippen MR) is 112 cm³/mol. The monoisotopic (exact) mass is 481 g/mol. The zero-order valence-electron chi connectivity index (χ0n) is 16.6. The van der Waals surface area contributed by atoms with Gasteiger partial charge in [-0.25, -0.2) is 4.98 Å². The van der Waals surface area contributed by atoms with Crippen LogP contribution in [0.5, 0.6) is 5.75 Å². The summed E-state index contributed by atoms with van der Waals surface area (Å²) in [5.74, 6) is 1.35. The Morgan fingerprint density at radius 2 is 1.97 bits per heavy atom. The molecule has 0 saturated heterocycles. The summed E-state index contributed by atoms with van der Waals surface area (Å²) in [7, 11) is 1.54. The number of H-pyrrole nitrogens is 1. The number of ether oxygens (including phenoxy) is 1. The zero-order valence-corrected chi connectivity index (χ0v) is 18.2. The first kappa shape index (κ1) is 22.2. The van der Waals surface area contributed by atoms with Gasteiger partial charge in [-0.15, -0.1) is 5.10 Å². The highest BCUT2D eigenvalue weighted by molar-refractivity contribution is 7.99. The van der Waals surface area contributed by atoms with Gasteiger partial charge in [0.25, 0.3) is 0 Å². The van der Waals surface area contributed by atoms with Crippen LogP contribution in [0, 0.1) is 0 Å². The van der Waals surface area contributed by atoms with Crippen molar-refractivity contribution in [3.05, 3.63) is 58.9 Å². The van der Waals surface area contributed by atoms with Gasteiger partial charge in [-0.1, -0.05) is 40.7 Å². The van der Waals surface area contributed by atoms with E-state index in [0.717, 1.165) is 12.1 Å². The summed E-state index contributed by atoms with van der Waals surface area (Å²) >= 11 is 7.31. The highest BCUT2D eigenvalue weighted by atomic mass is 35.5. The molecule has 1 N–H and O–H groups in total. The lowest BCUT2D eigenvalue weighted by Gasteiger charge is -2.06. The summed E-state index contributed by atoms with van der Waals surface area (Å²) in [6.07, 6.45) is -4.46. The van der Waals surface area contributed by atoms with Crippen LogP contribution in [0.3, 0.4) is 0 Å². The first-order chi connectivity index (χ1) is 15.2. The van der Waals surface area contributed by atoms with E-state index in [0.29, 0.717) is 27.3 Å². The molecule has 0 radical (unpaired) electrons. The summed E-state index contributed by atoms with van der Waals surface area (Å²) in [5, 5.41) is 11.4. The summed E-state index contributed by atoms with van der Waals surface area (Å²) in [4.78, 5) is 8.68. The van der Waals surface area contributed by atoms with Gasteiger partial charge in [0.1, 0.15) is 5.75 Å². The van der Waals surface area contributed by atoms with Crippen LogP contribution in [0.2, 0.25) is 5.02 Å². The highest BCUT2D eigenvalue weighted by Gasteiger charge is 2.31. The third-order valence-corrected chi connectivity index (χ3v) is 5.59. The zero-order chi connectivity index (χ0) is 22.9. The number of halogens is 4. The van der Waals surface area contributed by atoms with E-state index in [4.69, 9.17) is 20.9 Å². The van der Waals surface area contributed by atoms with E-state index < -0.39 is 11.7 Å². The van der Waals surface area contributed by atoms with Crippen LogP contribution < -0.4 is 4.74 Å². The maximum Gasteiger partial charge on any atom is 0.416 e. The van der Waals surface area contributed by atoms with Crippen molar-refractivity contribution in [1.82, 2.24) is 25.3 Å². The minimum atomic E-state index is -4.46. The Labute approximate surface area is 189 Å². The van der Waals surface area contributed by atoms with E-state index in [-0.39, 0.29) is 22.5 Å². The molecule has 4 aromatic rings. The lowest BCUT2D eigenvalue weighted by molar-refractivity contribution is -0.137. The van der Waals surface area contributed by atoms with Crippen LogP contribution in [-0.2, 0) is 6.18 Å². The molecule has 7 nitrogen and oxygen atoms in total. The average Bonchev–Trinajstić information content (AvgIpc) is 3.43. The van der Waals surface area contributed by atoms with E-state index in [1.54, 1.807) is 32.2 Å². The first-order valence-electron chi connectivity index (χ1n) is 9.19. The molecule has 0 amide bonds. The highest BCUT2D eigenvalue weighted by Crippen LogP contribution is 2.36. The Morgan fingerprint density at radius 1 is 1.16 bits per heavy atom. The molecule has 0 aliphatic rings. The number of thioether (sulfide) groups is 1. The van der Waals surface area contributed by atoms with Crippen molar-refractivity contribution >= 4 is 23.4 Å².